The molecular weight excluding hydrogens is 865 g/mol. The molecule has 330 valence electrons. The van der Waals surface area contributed by atoms with Crippen LogP contribution in [-0.4, -0.2) is 0 Å². The van der Waals surface area contributed by atoms with Crippen LogP contribution >= 0.6 is 0 Å². The molecule has 0 aliphatic heterocycles. The summed E-state index contributed by atoms with van der Waals surface area (Å²) in [6.45, 7) is 0. The van der Waals surface area contributed by atoms with Gasteiger partial charge in [0.2, 0.25) is 0 Å². The summed E-state index contributed by atoms with van der Waals surface area (Å²) in [6, 6.07) is 86.2. The Kier molecular flexibility index (Phi) is 14.2. The molecule has 0 fully saturated rings. The normalized spacial score (nSPS) is 9.83. The van der Waals surface area contributed by atoms with Crippen LogP contribution in [0.15, 0.2) is 255 Å². The molecule has 10 rings (SSSR count). The van der Waals surface area contributed by atoms with E-state index in [-0.39, 0.29) is 0 Å². The van der Waals surface area contributed by atoms with Gasteiger partial charge < -0.3 is 0 Å². The molecule has 0 aromatic heterocycles. The maximum atomic E-state index is 3.36. The molecule has 0 bridgehead atoms. The fourth-order valence-electron chi connectivity index (χ4n) is 7.84. The minimum absolute atomic E-state index is 0.925. The lowest BCUT2D eigenvalue weighted by molar-refractivity contribution is 1.56. The predicted octanol–water partition coefficient (Wildman–Crippen LogP) is 15.1. The lowest BCUT2D eigenvalue weighted by Crippen LogP contribution is -1.84. The van der Waals surface area contributed by atoms with Crippen molar-refractivity contribution < 1.29 is 0 Å². The van der Waals surface area contributed by atoms with Gasteiger partial charge in [0.1, 0.15) is 0 Å². The number of rotatable bonds is 3. The predicted molar refractivity (Wildman–Crippen MR) is 297 cm³/mol. The van der Waals surface area contributed by atoms with Crippen LogP contribution in [0.3, 0.4) is 0 Å². The van der Waals surface area contributed by atoms with Gasteiger partial charge in [0.15, 0.2) is 0 Å². The number of hydrogen-bond donors (Lipinski definition) is 0. The second kappa shape index (κ2) is 22.6. The molecule has 0 saturated heterocycles. The Morgan fingerprint density at radius 3 is 0.472 bits per heavy atom. The second-order valence-corrected chi connectivity index (χ2v) is 16.9. The Morgan fingerprint density at radius 1 is 0.125 bits per heavy atom. The van der Waals surface area contributed by atoms with Crippen LogP contribution in [0.1, 0.15) is 66.8 Å². The van der Waals surface area contributed by atoms with Crippen molar-refractivity contribution in [1.29, 1.82) is 0 Å². The molecule has 0 aliphatic carbocycles. The van der Waals surface area contributed by atoms with E-state index in [0.717, 1.165) is 100 Å². The zero-order valence-corrected chi connectivity index (χ0v) is 39.2. The topological polar surface area (TPSA) is 0 Å². The van der Waals surface area contributed by atoms with E-state index in [9.17, 15) is 0 Å². The fourth-order valence-corrected chi connectivity index (χ4v) is 7.84. The SMILES string of the molecule is C(#Cc1cccc(-c2cccc(C#Cc3ccc(C#Cc4cccc(-c5cccc(C#Cc6ccc(C#Cc7cccc(-c8cccc(C#Cc9ccccc9)c8)c7)cc6)c5)c4)cc3)c2)c1)c1ccccc1. The Balaban J connectivity index is 0.753. The van der Waals surface area contributed by atoms with Gasteiger partial charge in [-0.15, -0.1) is 0 Å². The van der Waals surface area contributed by atoms with Crippen LogP contribution < -0.4 is 0 Å². The molecule has 0 saturated carbocycles. The van der Waals surface area contributed by atoms with Crippen molar-refractivity contribution in [2.24, 2.45) is 0 Å². The van der Waals surface area contributed by atoms with Gasteiger partial charge in [-0.25, -0.2) is 0 Å². The Labute approximate surface area is 423 Å². The van der Waals surface area contributed by atoms with E-state index >= 15 is 0 Å². The average Bonchev–Trinajstić information content (AvgIpc) is 3.45. The molecule has 0 heterocycles. The summed E-state index contributed by atoms with van der Waals surface area (Å²) in [7, 11) is 0. The van der Waals surface area contributed by atoms with E-state index in [1.165, 1.54) is 0 Å². The van der Waals surface area contributed by atoms with Crippen LogP contribution in [0.5, 0.6) is 0 Å². The highest BCUT2D eigenvalue weighted by molar-refractivity contribution is 5.70. The van der Waals surface area contributed by atoms with Gasteiger partial charge in [0, 0.05) is 66.8 Å². The fraction of sp³-hybridized carbons (Fsp3) is 0. The van der Waals surface area contributed by atoms with Crippen molar-refractivity contribution in [3.63, 3.8) is 0 Å². The van der Waals surface area contributed by atoms with Crippen LogP contribution in [-0.2, 0) is 0 Å². The first-order chi connectivity index (χ1) is 35.6. The standard InChI is InChI=1S/C72H42/c1-3-13-55(14-4-1)37-43-61-17-7-23-67(49-61)69-25-9-19-63(51-69)45-39-57-29-33-59(34-30-57)41-47-65-21-11-27-71(53-65)72-28-12-22-66(54-72)48-42-60-35-31-58(32-36-60)40-46-64-20-10-26-70(52-64)68-24-8-18-62(50-68)44-38-56-15-5-2-6-16-56/h1-36,49-54H. The maximum Gasteiger partial charge on any atom is 0.0255 e. The van der Waals surface area contributed by atoms with Gasteiger partial charge in [-0.3, -0.25) is 0 Å². The third kappa shape index (κ3) is 12.6. The molecule has 0 radical (unpaired) electrons. The lowest BCUT2D eigenvalue weighted by atomic mass is 10.0. The van der Waals surface area contributed by atoms with E-state index in [4.69, 9.17) is 0 Å². The maximum absolute atomic E-state index is 3.36. The largest absolute Gasteiger partial charge is 0.0622 e. The van der Waals surface area contributed by atoms with Crippen LogP contribution in [0.2, 0.25) is 0 Å². The van der Waals surface area contributed by atoms with Crippen molar-refractivity contribution in [2.75, 3.05) is 0 Å². The highest BCUT2D eigenvalue weighted by Crippen LogP contribution is 2.24. The Morgan fingerprint density at radius 2 is 0.278 bits per heavy atom. The third-order valence-corrected chi connectivity index (χ3v) is 11.6. The van der Waals surface area contributed by atoms with E-state index in [1.54, 1.807) is 0 Å². The van der Waals surface area contributed by atoms with E-state index in [1.807, 2.05) is 182 Å². The average molecular weight is 907 g/mol. The summed E-state index contributed by atoms with van der Waals surface area (Å²) >= 11 is 0. The molecule has 0 aliphatic rings. The lowest BCUT2D eigenvalue weighted by Gasteiger charge is -2.03. The highest BCUT2D eigenvalue weighted by atomic mass is 14.1. The molecular formula is C72H42. The zero-order chi connectivity index (χ0) is 48.6. The van der Waals surface area contributed by atoms with E-state index in [0.29, 0.717) is 0 Å². The highest BCUT2D eigenvalue weighted by Gasteiger charge is 2.03. The summed E-state index contributed by atoms with van der Waals surface area (Å²) in [5, 5.41) is 0. The van der Waals surface area contributed by atoms with Gasteiger partial charge >= 0.3 is 0 Å². The summed E-state index contributed by atoms with van der Waals surface area (Å²) in [6.07, 6.45) is 0. The minimum Gasteiger partial charge on any atom is -0.0622 e. The molecule has 10 aromatic carbocycles. The molecule has 0 spiro atoms. The van der Waals surface area contributed by atoms with Gasteiger partial charge in [-0.1, -0.05) is 180 Å². The molecule has 0 atom stereocenters. The summed E-state index contributed by atoms with van der Waals surface area (Å²) in [5.41, 5.74) is 18.0. The van der Waals surface area contributed by atoms with E-state index < -0.39 is 0 Å². The monoisotopic (exact) mass is 906 g/mol. The van der Waals surface area contributed by atoms with Gasteiger partial charge in [0.25, 0.3) is 0 Å². The van der Waals surface area contributed by atoms with Gasteiger partial charge in [0.05, 0.1) is 0 Å². The Bertz CT molecular complexity index is 3700. The van der Waals surface area contributed by atoms with Gasteiger partial charge in [-0.2, -0.15) is 0 Å². The van der Waals surface area contributed by atoms with Crippen LogP contribution in [0.25, 0.3) is 33.4 Å². The van der Waals surface area contributed by atoms with Crippen molar-refractivity contribution in [2.45, 2.75) is 0 Å². The summed E-state index contributed by atoms with van der Waals surface area (Å²) < 4.78 is 0. The first-order valence-electron chi connectivity index (χ1n) is 23.6. The van der Waals surface area contributed by atoms with Gasteiger partial charge in [-0.05, 0) is 179 Å². The molecule has 0 nitrogen and oxygen atoms in total. The first kappa shape index (κ1) is 45.3. The number of hydrogen-bond acceptors (Lipinski definition) is 0. The zero-order valence-electron chi connectivity index (χ0n) is 39.2. The van der Waals surface area contributed by atoms with Crippen molar-refractivity contribution in [1.82, 2.24) is 0 Å². The number of benzene rings is 10. The molecule has 0 heteroatoms. The molecule has 0 amide bonds. The quantitative estimate of drug-likeness (QED) is 0.155. The molecule has 0 N–H and O–H groups in total. The van der Waals surface area contributed by atoms with Crippen molar-refractivity contribution >= 4 is 0 Å². The first-order valence-corrected chi connectivity index (χ1v) is 23.6. The molecule has 0 unspecified atom stereocenters. The van der Waals surface area contributed by atoms with Crippen molar-refractivity contribution in [3.05, 3.63) is 322 Å². The molecule has 10 aromatic rings. The third-order valence-electron chi connectivity index (χ3n) is 11.6. The van der Waals surface area contributed by atoms with E-state index in [2.05, 4.69) is 144 Å². The smallest absolute Gasteiger partial charge is 0.0255 e. The van der Waals surface area contributed by atoms with Crippen LogP contribution in [0.4, 0.5) is 0 Å². The second-order valence-electron chi connectivity index (χ2n) is 16.9. The summed E-state index contributed by atoms with van der Waals surface area (Å²) in [5.74, 6) is 39.8. The molecule has 72 heavy (non-hydrogen) atoms. The van der Waals surface area contributed by atoms with Crippen LogP contribution in [0, 0.1) is 71.0 Å². The summed E-state index contributed by atoms with van der Waals surface area (Å²) in [4.78, 5) is 0. The Hall–Kier alpha value is -10.4. The van der Waals surface area contributed by atoms with Crippen molar-refractivity contribution in [3.8, 4) is 104 Å². The minimum atomic E-state index is 0.925.